The van der Waals surface area contributed by atoms with Gasteiger partial charge in [-0.15, -0.1) is 8.78 Å². The molecule has 0 saturated carbocycles. The van der Waals surface area contributed by atoms with Gasteiger partial charge in [0.2, 0.25) is 0 Å². The van der Waals surface area contributed by atoms with Gasteiger partial charge in [-0.2, -0.15) is 35.1 Å². The van der Waals surface area contributed by atoms with Crippen LogP contribution in [0.15, 0.2) is 0 Å². The molecule has 0 aliphatic heterocycles. The van der Waals surface area contributed by atoms with E-state index in [9.17, 15) is 43.9 Å². The van der Waals surface area contributed by atoms with Gasteiger partial charge < -0.3 is 5.11 Å². The van der Waals surface area contributed by atoms with Gasteiger partial charge in [0.25, 0.3) is 0 Å². The lowest BCUT2D eigenvalue weighted by atomic mass is 10.1. The molecule has 0 heterocycles. The van der Waals surface area contributed by atoms with E-state index >= 15 is 0 Å². The number of aliphatic hydroxyl groups is 1. The largest absolute Gasteiger partial charge is 0.495 e. The Labute approximate surface area is 110 Å². The van der Waals surface area contributed by atoms with Crippen molar-refractivity contribution >= 4 is 0 Å². The zero-order chi connectivity index (χ0) is 17.3. The maximum Gasteiger partial charge on any atom is 0.495 e. The van der Waals surface area contributed by atoms with E-state index in [2.05, 4.69) is 4.74 Å². The maximum absolute atomic E-state index is 12.7. The van der Waals surface area contributed by atoms with Crippen LogP contribution in [-0.2, 0) is 9.47 Å². The Kier molecular flexibility index (Phi) is 5.53. The first kappa shape index (κ1) is 20.2. The average Bonchev–Trinajstić information content (AvgIpc) is 2.25. The molecule has 1 N–H and O–H groups in total. The van der Waals surface area contributed by atoms with Crippen LogP contribution in [0.3, 0.4) is 0 Å². The van der Waals surface area contributed by atoms with Gasteiger partial charge in [-0.25, -0.2) is 9.47 Å². The molecule has 0 atom stereocenters. The first-order chi connectivity index (χ1) is 9.04. The van der Waals surface area contributed by atoms with E-state index in [1.807, 2.05) is 4.74 Å². The van der Waals surface area contributed by atoms with Gasteiger partial charge in [0.05, 0.1) is 0 Å². The highest BCUT2D eigenvalue weighted by Crippen LogP contribution is 2.48. The molecule has 13 heteroatoms. The molecule has 0 unspecified atom stereocenters. The van der Waals surface area contributed by atoms with Crippen LogP contribution in [-0.4, -0.2) is 42.1 Å². The second kappa shape index (κ2) is 5.76. The van der Waals surface area contributed by atoms with Crippen molar-refractivity contribution in [3.63, 3.8) is 0 Å². The van der Waals surface area contributed by atoms with Crippen molar-refractivity contribution in [1.29, 1.82) is 0 Å². The Balaban J connectivity index is 5.28. The number of hydrogen-bond acceptors (Lipinski definition) is 3. The first-order valence-corrected chi connectivity index (χ1v) is 4.94. The molecule has 3 nitrogen and oxygen atoms in total. The van der Waals surface area contributed by atoms with Crippen molar-refractivity contribution in [3.8, 4) is 0 Å². The van der Waals surface area contributed by atoms with Crippen molar-refractivity contribution in [2.75, 3.05) is 6.61 Å². The van der Waals surface area contributed by atoms with Crippen LogP contribution < -0.4 is 0 Å². The van der Waals surface area contributed by atoms with Crippen LogP contribution in [0.5, 0.6) is 0 Å². The highest BCUT2D eigenvalue weighted by Gasteiger charge is 2.75. The van der Waals surface area contributed by atoms with Crippen molar-refractivity contribution in [1.82, 2.24) is 0 Å². The monoisotopic (exact) mass is 342 g/mol. The third kappa shape index (κ3) is 4.57. The molecule has 0 spiro atoms. The van der Waals surface area contributed by atoms with Gasteiger partial charge in [-0.1, -0.05) is 6.92 Å². The zero-order valence-corrected chi connectivity index (χ0v) is 9.96. The van der Waals surface area contributed by atoms with E-state index in [0.29, 0.717) is 6.92 Å². The predicted octanol–water partition coefficient (Wildman–Crippen LogP) is 3.43. The number of aliphatic hydroxyl groups excluding tert-OH is 1. The number of halogens is 10. The Hall–Kier alpha value is -0.820. The fourth-order valence-corrected chi connectivity index (χ4v) is 0.792. The molecule has 0 aromatic carbocycles. The van der Waals surface area contributed by atoms with E-state index in [0.717, 1.165) is 0 Å². The molecule has 0 saturated heterocycles. The lowest BCUT2D eigenvalue weighted by Crippen LogP contribution is -2.59. The van der Waals surface area contributed by atoms with Crippen molar-refractivity contribution in [3.05, 3.63) is 0 Å². The number of ether oxygens (including phenoxy) is 2. The van der Waals surface area contributed by atoms with Crippen LogP contribution in [0.25, 0.3) is 0 Å². The third-order valence-electron chi connectivity index (χ3n) is 1.95. The highest BCUT2D eigenvalue weighted by molar-refractivity contribution is 4.91. The summed E-state index contributed by atoms with van der Waals surface area (Å²) in [4.78, 5) is 0. The van der Waals surface area contributed by atoms with Crippen molar-refractivity contribution < 1.29 is 58.5 Å². The first-order valence-electron chi connectivity index (χ1n) is 4.94. The quantitative estimate of drug-likeness (QED) is 0.543. The summed E-state index contributed by atoms with van der Waals surface area (Å²) < 4.78 is 130. The van der Waals surface area contributed by atoms with Gasteiger partial charge in [0.1, 0.15) is 6.61 Å². The molecular weight excluding hydrogens is 334 g/mol. The minimum atomic E-state index is -6.62. The number of alkyl halides is 10. The van der Waals surface area contributed by atoms with E-state index < -0.39 is 43.4 Å². The van der Waals surface area contributed by atoms with Gasteiger partial charge in [0.15, 0.2) is 0 Å². The molecule has 0 radical (unpaired) electrons. The molecule has 128 valence electrons. The van der Waals surface area contributed by atoms with Gasteiger partial charge >= 0.3 is 30.4 Å². The SMILES string of the molecule is CCC(F)(F)OC(F)(F)OC(F)(F)C(F)(F)C(F)(F)CO. The summed E-state index contributed by atoms with van der Waals surface area (Å²) in [6.07, 6.45) is -18.8. The van der Waals surface area contributed by atoms with Crippen LogP contribution in [0.4, 0.5) is 43.9 Å². The molecule has 21 heavy (non-hydrogen) atoms. The van der Waals surface area contributed by atoms with E-state index in [1.165, 1.54) is 0 Å². The number of rotatable bonds is 8. The standard InChI is InChI=1S/C8H8F10O3/c1-2-5(11,12)20-8(17,18)21-7(15,16)6(13,14)4(9,10)3-19/h19H,2-3H2,1H3. The minimum Gasteiger partial charge on any atom is -0.390 e. The molecule has 0 aliphatic rings. The minimum absolute atomic E-state index is 0.572. The molecule has 0 aromatic rings. The summed E-state index contributed by atoms with van der Waals surface area (Å²) in [5.74, 6) is -12.5. The zero-order valence-electron chi connectivity index (χ0n) is 9.96. The van der Waals surface area contributed by atoms with Crippen molar-refractivity contribution in [2.24, 2.45) is 0 Å². The Morgan fingerprint density at radius 3 is 1.57 bits per heavy atom. The third-order valence-corrected chi connectivity index (χ3v) is 1.95. The van der Waals surface area contributed by atoms with Gasteiger partial charge in [-0.05, 0) is 0 Å². The van der Waals surface area contributed by atoms with Crippen molar-refractivity contribution in [2.45, 2.75) is 43.7 Å². The second-order valence-corrected chi connectivity index (χ2v) is 3.61. The lowest BCUT2D eigenvalue weighted by Gasteiger charge is -2.33. The van der Waals surface area contributed by atoms with E-state index in [-0.39, 0.29) is 0 Å². The molecule has 0 fully saturated rings. The molecule has 0 amide bonds. The van der Waals surface area contributed by atoms with E-state index in [4.69, 9.17) is 5.11 Å². The summed E-state index contributed by atoms with van der Waals surface area (Å²) in [6.45, 7) is -2.26. The summed E-state index contributed by atoms with van der Waals surface area (Å²) in [7, 11) is 0. The summed E-state index contributed by atoms with van der Waals surface area (Å²) >= 11 is 0. The van der Waals surface area contributed by atoms with Crippen LogP contribution in [0.1, 0.15) is 13.3 Å². The Morgan fingerprint density at radius 1 is 0.810 bits per heavy atom. The van der Waals surface area contributed by atoms with Crippen LogP contribution in [0.2, 0.25) is 0 Å². The van der Waals surface area contributed by atoms with E-state index in [1.54, 1.807) is 0 Å². The van der Waals surface area contributed by atoms with Gasteiger partial charge in [-0.3, -0.25) is 0 Å². The molecule has 0 rings (SSSR count). The van der Waals surface area contributed by atoms with Gasteiger partial charge in [0, 0.05) is 6.42 Å². The second-order valence-electron chi connectivity index (χ2n) is 3.61. The molecule has 0 aromatic heterocycles. The average molecular weight is 342 g/mol. The Bertz CT molecular complexity index is 356. The summed E-state index contributed by atoms with van der Waals surface area (Å²) in [5, 5.41) is 7.86. The summed E-state index contributed by atoms with van der Waals surface area (Å²) in [6, 6.07) is 0. The maximum atomic E-state index is 12.7. The fourth-order valence-electron chi connectivity index (χ4n) is 0.792. The lowest BCUT2D eigenvalue weighted by molar-refractivity contribution is -0.542. The normalized spacial score (nSPS) is 15.4. The van der Waals surface area contributed by atoms with Crippen LogP contribution >= 0.6 is 0 Å². The predicted molar refractivity (Wildman–Crippen MR) is 44.3 cm³/mol. The number of hydrogen-bond donors (Lipinski definition) is 1. The molecule has 0 bridgehead atoms. The smallest absolute Gasteiger partial charge is 0.390 e. The molecular formula is C8H8F10O3. The summed E-state index contributed by atoms with van der Waals surface area (Å²) in [5.41, 5.74) is 0. The highest BCUT2D eigenvalue weighted by atomic mass is 19.4. The molecule has 0 aliphatic carbocycles. The Morgan fingerprint density at radius 2 is 1.24 bits per heavy atom. The van der Waals surface area contributed by atoms with Crippen LogP contribution in [0, 0.1) is 0 Å². The fraction of sp³-hybridized carbons (Fsp3) is 1.00. The topological polar surface area (TPSA) is 38.7 Å².